The molecule has 2 atom stereocenters. The Labute approximate surface area is 139 Å². The number of nitrogens with one attached hydrogen (secondary N) is 1. The molecule has 1 saturated carbocycles. The van der Waals surface area contributed by atoms with Crippen molar-refractivity contribution < 1.29 is 4.79 Å². The highest BCUT2D eigenvalue weighted by Crippen LogP contribution is 2.35. The van der Waals surface area contributed by atoms with Gasteiger partial charge in [0.05, 0.1) is 6.04 Å². The van der Waals surface area contributed by atoms with E-state index in [1.54, 1.807) is 0 Å². The number of ketones is 1. The molecule has 0 heterocycles. The Balaban J connectivity index is 1.88. The number of hydrogen-bond donors (Lipinski definition) is 1. The number of benzene rings is 2. The van der Waals surface area contributed by atoms with Crippen LogP contribution in [-0.4, -0.2) is 5.78 Å². The molecule has 0 saturated heterocycles. The average molecular weight is 391 g/mol. The number of Topliss-reactive ketones (excluding diaryl/α,β-unsaturated/α-hetero) is 1. The molecule has 3 heteroatoms. The van der Waals surface area contributed by atoms with Gasteiger partial charge in [-0.15, -0.1) is 0 Å². The van der Waals surface area contributed by atoms with Gasteiger partial charge in [-0.05, 0) is 65.3 Å². The van der Waals surface area contributed by atoms with Gasteiger partial charge in [0, 0.05) is 21.6 Å². The molecule has 2 aromatic carbocycles. The minimum atomic E-state index is 0.0706. The molecule has 0 unspecified atom stereocenters. The minimum Gasteiger partial charge on any atom is -0.378 e. The zero-order valence-corrected chi connectivity index (χ0v) is 13.9. The summed E-state index contributed by atoms with van der Waals surface area (Å²) in [6, 6.07) is 18.7. The van der Waals surface area contributed by atoms with Crippen molar-refractivity contribution >= 4 is 34.1 Å². The third-order valence-corrected chi connectivity index (χ3v) is 4.80. The van der Waals surface area contributed by atoms with Crippen molar-refractivity contribution in [3.8, 4) is 0 Å². The number of anilines is 1. The van der Waals surface area contributed by atoms with Gasteiger partial charge < -0.3 is 5.32 Å². The van der Waals surface area contributed by atoms with Crippen molar-refractivity contribution in [2.75, 3.05) is 5.32 Å². The normalized spacial score (nSPS) is 19.5. The Morgan fingerprint density at radius 1 is 1.05 bits per heavy atom. The lowest BCUT2D eigenvalue weighted by atomic mass is 9.90. The van der Waals surface area contributed by atoms with E-state index in [4.69, 9.17) is 0 Å². The first-order valence-electron chi connectivity index (χ1n) is 7.34. The molecule has 108 valence electrons. The van der Waals surface area contributed by atoms with E-state index >= 15 is 0 Å². The van der Waals surface area contributed by atoms with Crippen LogP contribution in [0.15, 0.2) is 54.6 Å². The van der Waals surface area contributed by atoms with Gasteiger partial charge in [0.1, 0.15) is 5.78 Å². The second-order valence-electron chi connectivity index (χ2n) is 5.50. The summed E-state index contributed by atoms with van der Waals surface area (Å²) < 4.78 is 1.21. The van der Waals surface area contributed by atoms with E-state index in [-0.39, 0.29) is 12.0 Å². The second kappa shape index (κ2) is 6.60. The van der Waals surface area contributed by atoms with E-state index in [9.17, 15) is 4.79 Å². The predicted octanol–water partition coefficient (Wildman–Crippen LogP) is 4.81. The van der Waals surface area contributed by atoms with Gasteiger partial charge >= 0.3 is 0 Å². The summed E-state index contributed by atoms with van der Waals surface area (Å²) in [5, 5.41) is 3.57. The van der Waals surface area contributed by atoms with Crippen LogP contribution in [0.3, 0.4) is 0 Å². The molecule has 1 N–H and O–H groups in total. The van der Waals surface area contributed by atoms with Crippen LogP contribution >= 0.6 is 22.6 Å². The van der Waals surface area contributed by atoms with Gasteiger partial charge in [-0.2, -0.15) is 0 Å². The SMILES string of the molecule is O=C1CCC[C@H]1[C@@H](Nc1ccc(I)cc1)c1ccccc1. The molecule has 0 aromatic heterocycles. The Kier molecular flexibility index (Phi) is 4.58. The average Bonchev–Trinajstić information content (AvgIpc) is 2.93. The maximum Gasteiger partial charge on any atom is 0.138 e. The summed E-state index contributed by atoms with van der Waals surface area (Å²) in [5.41, 5.74) is 2.26. The van der Waals surface area contributed by atoms with Crippen molar-refractivity contribution in [2.45, 2.75) is 25.3 Å². The van der Waals surface area contributed by atoms with Crippen molar-refractivity contribution in [1.82, 2.24) is 0 Å². The van der Waals surface area contributed by atoms with Crippen LogP contribution in [0.1, 0.15) is 30.9 Å². The Hall–Kier alpha value is -1.36. The lowest BCUT2D eigenvalue weighted by Gasteiger charge is -2.25. The molecule has 0 bridgehead atoms. The highest BCUT2D eigenvalue weighted by Gasteiger charge is 2.32. The van der Waals surface area contributed by atoms with E-state index in [2.05, 4.69) is 64.3 Å². The summed E-state index contributed by atoms with van der Waals surface area (Å²) in [6.07, 6.45) is 2.72. The van der Waals surface area contributed by atoms with Crippen molar-refractivity contribution in [1.29, 1.82) is 0 Å². The van der Waals surface area contributed by atoms with Crippen LogP contribution < -0.4 is 5.32 Å². The van der Waals surface area contributed by atoms with Crippen LogP contribution in [0.2, 0.25) is 0 Å². The fourth-order valence-electron chi connectivity index (χ4n) is 3.00. The maximum atomic E-state index is 12.2. The molecule has 0 radical (unpaired) electrons. The van der Waals surface area contributed by atoms with Gasteiger partial charge in [0.25, 0.3) is 0 Å². The topological polar surface area (TPSA) is 29.1 Å². The smallest absolute Gasteiger partial charge is 0.138 e. The van der Waals surface area contributed by atoms with Gasteiger partial charge in [0.15, 0.2) is 0 Å². The minimum absolute atomic E-state index is 0.0706. The number of rotatable bonds is 4. The van der Waals surface area contributed by atoms with E-state index < -0.39 is 0 Å². The zero-order chi connectivity index (χ0) is 14.7. The second-order valence-corrected chi connectivity index (χ2v) is 6.75. The largest absolute Gasteiger partial charge is 0.378 e. The first-order valence-corrected chi connectivity index (χ1v) is 8.42. The maximum absolute atomic E-state index is 12.2. The van der Waals surface area contributed by atoms with Crippen LogP contribution in [0.5, 0.6) is 0 Å². The summed E-state index contributed by atoms with van der Waals surface area (Å²) in [4.78, 5) is 12.2. The molecule has 1 fully saturated rings. The highest BCUT2D eigenvalue weighted by atomic mass is 127. The first-order chi connectivity index (χ1) is 10.2. The van der Waals surface area contributed by atoms with E-state index in [1.807, 2.05) is 18.2 Å². The molecule has 3 rings (SSSR count). The summed E-state index contributed by atoms with van der Waals surface area (Å²) >= 11 is 2.30. The van der Waals surface area contributed by atoms with Crippen molar-refractivity contribution in [3.63, 3.8) is 0 Å². The molecule has 0 aliphatic heterocycles. The quantitative estimate of drug-likeness (QED) is 0.758. The number of hydrogen-bond acceptors (Lipinski definition) is 2. The first kappa shape index (κ1) is 14.6. The molecular formula is C18H18INO. The van der Waals surface area contributed by atoms with Gasteiger partial charge in [0.2, 0.25) is 0 Å². The molecule has 1 aliphatic rings. The van der Waals surface area contributed by atoms with Gasteiger partial charge in [-0.25, -0.2) is 0 Å². The summed E-state index contributed by atoms with van der Waals surface area (Å²) in [7, 11) is 0. The summed E-state index contributed by atoms with van der Waals surface area (Å²) in [5.74, 6) is 0.480. The number of halogens is 1. The molecule has 1 aliphatic carbocycles. The fourth-order valence-corrected chi connectivity index (χ4v) is 3.36. The van der Waals surface area contributed by atoms with Crippen molar-refractivity contribution in [2.24, 2.45) is 5.92 Å². The Morgan fingerprint density at radius 2 is 1.76 bits per heavy atom. The predicted molar refractivity (Wildman–Crippen MR) is 94.3 cm³/mol. The van der Waals surface area contributed by atoms with Gasteiger partial charge in [-0.3, -0.25) is 4.79 Å². The summed E-state index contributed by atoms with van der Waals surface area (Å²) in [6.45, 7) is 0. The molecule has 2 aromatic rings. The van der Waals surface area contributed by atoms with Crippen LogP contribution in [0, 0.1) is 9.49 Å². The van der Waals surface area contributed by atoms with Crippen LogP contribution in [-0.2, 0) is 4.79 Å². The molecule has 0 amide bonds. The van der Waals surface area contributed by atoms with E-state index in [1.165, 1.54) is 9.13 Å². The zero-order valence-electron chi connectivity index (χ0n) is 11.8. The third kappa shape index (κ3) is 3.46. The molecular weight excluding hydrogens is 373 g/mol. The third-order valence-electron chi connectivity index (χ3n) is 4.08. The lowest BCUT2D eigenvalue weighted by Crippen LogP contribution is -2.24. The van der Waals surface area contributed by atoms with Gasteiger partial charge in [-0.1, -0.05) is 30.3 Å². The molecule has 21 heavy (non-hydrogen) atoms. The standard InChI is InChI=1S/C18H18INO/c19-14-9-11-15(12-10-14)20-18(13-5-2-1-3-6-13)16-7-4-8-17(16)21/h1-3,5-6,9-12,16,18,20H,4,7-8H2/t16-,18+/m1/s1. The number of carbonyl (C=O) groups is 1. The number of carbonyl (C=O) groups excluding carboxylic acids is 1. The fraction of sp³-hybridized carbons (Fsp3) is 0.278. The van der Waals surface area contributed by atoms with E-state index in [0.717, 1.165) is 24.9 Å². The van der Waals surface area contributed by atoms with Crippen LogP contribution in [0.4, 0.5) is 5.69 Å². The van der Waals surface area contributed by atoms with E-state index in [0.29, 0.717) is 5.78 Å². The monoisotopic (exact) mass is 391 g/mol. The van der Waals surface area contributed by atoms with Crippen LogP contribution in [0.25, 0.3) is 0 Å². The highest BCUT2D eigenvalue weighted by molar-refractivity contribution is 14.1. The molecule has 2 nitrogen and oxygen atoms in total. The lowest BCUT2D eigenvalue weighted by molar-refractivity contribution is -0.121. The Bertz CT molecular complexity index is 609. The molecule has 0 spiro atoms. The Morgan fingerprint density at radius 3 is 2.38 bits per heavy atom. The van der Waals surface area contributed by atoms with Crippen molar-refractivity contribution in [3.05, 3.63) is 63.7 Å².